The Balaban J connectivity index is 1.92. The van der Waals surface area contributed by atoms with Gasteiger partial charge in [-0.2, -0.15) is 4.31 Å². The summed E-state index contributed by atoms with van der Waals surface area (Å²) in [7, 11) is -3.56. The summed E-state index contributed by atoms with van der Waals surface area (Å²) in [5.41, 5.74) is 0. The van der Waals surface area contributed by atoms with Gasteiger partial charge >= 0.3 is 0 Å². The van der Waals surface area contributed by atoms with Crippen molar-refractivity contribution in [3.05, 3.63) is 28.5 Å². The first-order valence-electron chi connectivity index (χ1n) is 6.45. The highest BCUT2D eigenvalue weighted by atomic mass is 79.9. The quantitative estimate of drug-likeness (QED) is 0.820. The van der Waals surface area contributed by atoms with Crippen molar-refractivity contribution < 1.29 is 12.8 Å². The molecule has 0 aliphatic heterocycles. The van der Waals surface area contributed by atoms with E-state index in [2.05, 4.69) is 15.9 Å². The standard InChI is InChI=1S/C13H15BrFNO2S/c14-12-6-5-11(7-13(12)15)19(17,18)16(10-3-4-10)8-9-1-2-9/h5-7,9-10H,1-4,8H2. The fourth-order valence-electron chi connectivity index (χ4n) is 2.13. The van der Waals surface area contributed by atoms with Gasteiger partial charge in [0.1, 0.15) is 5.82 Å². The molecule has 0 N–H and O–H groups in total. The molecule has 3 nitrogen and oxygen atoms in total. The van der Waals surface area contributed by atoms with E-state index in [-0.39, 0.29) is 15.4 Å². The molecule has 2 saturated carbocycles. The monoisotopic (exact) mass is 347 g/mol. The van der Waals surface area contributed by atoms with Crippen LogP contribution in [0.5, 0.6) is 0 Å². The van der Waals surface area contributed by atoms with Gasteiger partial charge in [0.25, 0.3) is 0 Å². The molecule has 2 fully saturated rings. The molecule has 0 aromatic heterocycles. The van der Waals surface area contributed by atoms with E-state index in [0.717, 1.165) is 31.7 Å². The summed E-state index contributed by atoms with van der Waals surface area (Å²) in [6.45, 7) is 0.588. The van der Waals surface area contributed by atoms with E-state index in [9.17, 15) is 12.8 Å². The van der Waals surface area contributed by atoms with E-state index in [0.29, 0.717) is 12.5 Å². The van der Waals surface area contributed by atoms with Crippen molar-refractivity contribution in [2.75, 3.05) is 6.54 Å². The maximum absolute atomic E-state index is 13.5. The van der Waals surface area contributed by atoms with Crippen LogP contribution in [0, 0.1) is 11.7 Å². The molecule has 0 spiro atoms. The maximum Gasteiger partial charge on any atom is 0.243 e. The first-order valence-corrected chi connectivity index (χ1v) is 8.68. The number of hydrogen-bond acceptors (Lipinski definition) is 2. The zero-order valence-corrected chi connectivity index (χ0v) is 12.8. The second kappa shape index (κ2) is 4.82. The fraction of sp³-hybridized carbons (Fsp3) is 0.538. The minimum Gasteiger partial charge on any atom is -0.207 e. The van der Waals surface area contributed by atoms with Crippen LogP contribution < -0.4 is 0 Å². The molecular formula is C13H15BrFNO2S. The minimum atomic E-state index is -3.56. The molecule has 1 aromatic rings. The van der Waals surface area contributed by atoms with E-state index in [4.69, 9.17) is 0 Å². The van der Waals surface area contributed by atoms with Crippen LogP contribution >= 0.6 is 15.9 Å². The molecule has 19 heavy (non-hydrogen) atoms. The summed E-state index contributed by atoms with van der Waals surface area (Å²) in [4.78, 5) is 0.0563. The average Bonchev–Trinajstić information content (AvgIpc) is 3.23. The summed E-state index contributed by atoms with van der Waals surface area (Å²) >= 11 is 3.04. The van der Waals surface area contributed by atoms with Gasteiger partial charge in [0.15, 0.2) is 0 Å². The molecule has 0 saturated heterocycles. The zero-order chi connectivity index (χ0) is 13.6. The summed E-state index contributed by atoms with van der Waals surface area (Å²) in [6.07, 6.45) is 4.05. The zero-order valence-electron chi connectivity index (χ0n) is 10.4. The van der Waals surface area contributed by atoms with Crippen molar-refractivity contribution in [2.24, 2.45) is 5.92 Å². The second-order valence-corrected chi connectivity index (χ2v) is 8.07. The molecule has 0 amide bonds. The summed E-state index contributed by atoms with van der Waals surface area (Å²) < 4.78 is 40.6. The van der Waals surface area contributed by atoms with Gasteiger partial charge in [0.2, 0.25) is 10.0 Å². The highest BCUT2D eigenvalue weighted by molar-refractivity contribution is 9.10. The molecule has 104 valence electrons. The van der Waals surface area contributed by atoms with Gasteiger partial charge in [0, 0.05) is 12.6 Å². The third-order valence-corrected chi connectivity index (χ3v) is 6.14. The van der Waals surface area contributed by atoms with Gasteiger partial charge in [-0.1, -0.05) is 0 Å². The maximum atomic E-state index is 13.5. The lowest BCUT2D eigenvalue weighted by Gasteiger charge is -2.21. The van der Waals surface area contributed by atoms with Crippen molar-refractivity contribution in [2.45, 2.75) is 36.6 Å². The minimum absolute atomic E-state index is 0.0563. The Hall–Kier alpha value is -0.460. The SMILES string of the molecule is O=S(=O)(c1ccc(Br)c(F)c1)N(CC1CC1)C1CC1. The summed E-state index contributed by atoms with van der Waals surface area (Å²) in [5, 5.41) is 0. The van der Waals surface area contributed by atoms with Gasteiger partial charge in [-0.05, 0) is 65.7 Å². The fourth-order valence-corrected chi connectivity index (χ4v) is 4.15. The largest absolute Gasteiger partial charge is 0.243 e. The molecule has 0 atom stereocenters. The number of sulfonamides is 1. The Labute approximate surface area is 121 Å². The first kappa shape index (κ1) is 13.5. The van der Waals surface area contributed by atoms with Gasteiger partial charge < -0.3 is 0 Å². The van der Waals surface area contributed by atoms with Gasteiger partial charge in [-0.15, -0.1) is 0 Å². The molecule has 0 bridgehead atoms. The van der Waals surface area contributed by atoms with Crippen molar-refractivity contribution in [3.63, 3.8) is 0 Å². The van der Waals surface area contributed by atoms with Crippen molar-refractivity contribution in [1.82, 2.24) is 4.31 Å². The van der Waals surface area contributed by atoms with E-state index in [1.807, 2.05) is 0 Å². The molecule has 1 aromatic carbocycles. The van der Waals surface area contributed by atoms with Gasteiger partial charge in [-0.25, -0.2) is 12.8 Å². The van der Waals surface area contributed by atoms with Gasteiger partial charge in [0.05, 0.1) is 9.37 Å². The van der Waals surface area contributed by atoms with Crippen LogP contribution in [0.2, 0.25) is 0 Å². The lowest BCUT2D eigenvalue weighted by molar-refractivity contribution is 0.388. The van der Waals surface area contributed by atoms with Crippen LogP contribution in [0.15, 0.2) is 27.6 Å². The van der Waals surface area contributed by atoms with E-state index < -0.39 is 15.8 Å². The highest BCUT2D eigenvalue weighted by Crippen LogP contribution is 2.38. The lowest BCUT2D eigenvalue weighted by atomic mass is 10.3. The Morgan fingerprint density at radius 2 is 1.95 bits per heavy atom. The van der Waals surface area contributed by atoms with Crippen LogP contribution in [-0.4, -0.2) is 25.3 Å². The van der Waals surface area contributed by atoms with Crippen LogP contribution in [0.3, 0.4) is 0 Å². The Morgan fingerprint density at radius 1 is 1.26 bits per heavy atom. The van der Waals surface area contributed by atoms with E-state index in [1.165, 1.54) is 12.1 Å². The van der Waals surface area contributed by atoms with Crippen LogP contribution in [0.1, 0.15) is 25.7 Å². The highest BCUT2D eigenvalue weighted by Gasteiger charge is 2.41. The molecule has 6 heteroatoms. The smallest absolute Gasteiger partial charge is 0.207 e. The predicted molar refractivity (Wildman–Crippen MR) is 73.7 cm³/mol. The van der Waals surface area contributed by atoms with E-state index in [1.54, 1.807) is 4.31 Å². The summed E-state index contributed by atoms with van der Waals surface area (Å²) in [5.74, 6) is -0.0427. The molecule has 0 heterocycles. The molecule has 2 aliphatic carbocycles. The Morgan fingerprint density at radius 3 is 2.47 bits per heavy atom. The Bertz CT molecular complexity index is 597. The number of hydrogen-bond donors (Lipinski definition) is 0. The predicted octanol–water partition coefficient (Wildman–Crippen LogP) is 3.15. The van der Waals surface area contributed by atoms with Crippen LogP contribution in [0.25, 0.3) is 0 Å². The van der Waals surface area contributed by atoms with Crippen LogP contribution in [0.4, 0.5) is 4.39 Å². The number of halogens is 2. The summed E-state index contributed by atoms with van der Waals surface area (Å²) in [6, 6.07) is 4.13. The second-order valence-electron chi connectivity index (χ2n) is 5.33. The van der Waals surface area contributed by atoms with Gasteiger partial charge in [-0.3, -0.25) is 0 Å². The third-order valence-electron chi connectivity index (χ3n) is 3.59. The number of benzene rings is 1. The third kappa shape index (κ3) is 2.85. The molecule has 0 unspecified atom stereocenters. The number of nitrogens with zero attached hydrogens (tertiary/aromatic N) is 1. The molecule has 0 radical (unpaired) electrons. The first-order chi connectivity index (χ1) is 8.98. The Kier molecular flexibility index (Phi) is 3.43. The normalized spacial score (nSPS) is 19.9. The van der Waals surface area contributed by atoms with Crippen molar-refractivity contribution >= 4 is 26.0 Å². The average molecular weight is 348 g/mol. The van der Waals surface area contributed by atoms with Crippen molar-refractivity contribution in [1.29, 1.82) is 0 Å². The topological polar surface area (TPSA) is 37.4 Å². The molecule has 2 aliphatic rings. The molecular weight excluding hydrogens is 333 g/mol. The van der Waals surface area contributed by atoms with Crippen LogP contribution in [-0.2, 0) is 10.0 Å². The van der Waals surface area contributed by atoms with E-state index >= 15 is 0 Å². The molecule has 3 rings (SSSR count). The van der Waals surface area contributed by atoms with Crippen molar-refractivity contribution in [3.8, 4) is 0 Å². The lowest BCUT2D eigenvalue weighted by Crippen LogP contribution is -2.35. The number of rotatable bonds is 5.